The number of H-pyrrole nitrogens is 1. The number of rotatable bonds is 4. The summed E-state index contributed by atoms with van der Waals surface area (Å²) in [6.45, 7) is 0.473. The summed E-state index contributed by atoms with van der Waals surface area (Å²) in [7, 11) is 0. The zero-order valence-electron chi connectivity index (χ0n) is 7.96. The topological polar surface area (TPSA) is 78.6 Å². The van der Waals surface area contributed by atoms with Crippen molar-refractivity contribution in [1.29, 1.82) is 5.41 Å². The fraction of sp³-hybridized carbons (Fsp3) is 0.400. The van der Waals surface area contributed by atoms with Gasteiger partial charge in [-0.05, 0) is 25.0 Å². The molecule has 0 saturated heterocycles. The summed E-state index contributed by atoms with van der Waals surface area (Å²) in [4.78, 5) is 7.18. The molecule has 4 nitrogen and oxygen atoms in total. The third kappa shape index (κ3) is 2.09. The first-order valence-corrected chi connectivity index (χ1v) is 4.80. The van der Waals surface area contributed by atoms with Crippen LogP contribution in [0.1, 0.15) is 24.4 Å². The number of aromatic amines is 1. The molecule has 0 spiro atoms. The summed E-state index contributed by atoms with van der Waals surface area (Å²) in [5, 5.41) is 7.65. The highest BCUT2D eigenvalue weighted by atomic mass is 14.9. The van der Waals surface area contributed by atoms with Crippen LogP contribution in [-0.4, -0.2) is 15.7 Å². The number of nitrogens with two attached hydrogens (primary N) is 1. The van der Waals surface area contributed by atoms with Crippen molar-refractivity contribution in [3.05, 3.63) is 23.8 Å². The van der Waals surface area contributed by atoms with Crippen LogP contribution in [0.15, 0.2) is 12.3 Å². The Balaban J connectivity index is 1.98. The first-order chi connectivity index (χ1) is 6.79. The van der Waals surface area contributed by atoms with Crippen LogP contribution in [0.4, 0.5) is 0 Å². The van der Waals surface area contributed by atoms with Gasteiger partial charge >= 0.3 is 0 Å². The van der Waals surface area contributed by atoms with Crippen LogP contribution >= 0.6 is 0 Å². The summed E-state index contributed by atoms with van der Waals surface area (Å²) in [6, 6.07) is 0. The van der Waals surface area contributed by atoms with Crippen LogP contribution in [0.2, 0.25) is 0 Å². The lowest BCUT2D eigenvalue weighted by Crippen LogP contribution is -1.95. The molecule has 1 heterocycles. The number of hydrogen-bond donors (Lipinski definition) is 3. The summed E-state index contributed by atoms with van der Waals surface area (Å²) in [5.41, 5.74) is 7.06. The number of aromatic nitrogens is 2. The summed E-state index contributed by atoms with van der Waals surface area (Å²) < 4.78 is 0. The van der Waals surface area contributed by atoms with Gasteiger partial charge in [0, 0.05) is 30.1 Å². The number of allylic oxidation sites excluding steroid dienone is 1. The summed E-state index contributed by atoms with van der Waals surface area (Å²) >= 11 is 0. The Kier molecular flexibility index (Phi) is 2.45. The van der Waals surface area contributed by atoms with Crippen molar-refractivity contribution < 1.29 is 0 Å². The van der Waals surface area contributed by atoms with E-state index >= 15 is 0 Å². The first kappa shape index (κ1) is 9.15. The molecule has 1 fully saturated rings. The Bertz CT molecular complexity index is 360. The Morgan fingerprint density at radius 2 is 2.50 bits per heavy atom. The van der Waals surface area contributed by atoms with E-state index in [1.165, 1.54) is 0 Å². The molecule has 1 aliphatic carbocycles. The van der Waals surface area contributed by atoms with E-state index in [2.05, 4.69) is 9.97 Å². The van der Waals surface area contributed by atoms with Crippen LogP contribution in [0.5, 0.6) is 0 Å². The van der Waals surface area contributed by atoms with Gasteiger partial charge in [-0.3, -0.25) is 0 Å². The normalized spacial score (nSPS) is 16.4. The lowest BCUT2D eigenvalue weighted by Gasteiger charge is -1.90. The smallest absolute Gasteiger partial charge is 0.130 e. The number of nitrogens with zero attached hydrogens (tertiary/aromatic N) is 1. The van der Waals surface area contributed by atoms with Crippen LogP contribution in [0, 0.1) is 11.3 Å². The standard InChI is InChI=1S/C10H14N4/c11-5-8-6-13-10(14-8)4-3-9(12)7-1-2-7/h3-4,6-7,12H,1-2,5,11H2,(H,13,14)/b4-3-,12-9?. The molecule has 0 atom stereocenters. The second kappa shape index (κ2) is 3.75. The van der Waals surface area contributed by atoms with Crippen molar-refractivity contribution in [2.45, 2.75) is 19.4 Å². The largest absolute Gasteiger partial charge is 0.341 e. The second-order valence-electron chi connectivity index (χ2n) is 3.56. The van der Waals surface area contributed by atoms with Crippen LogP contribution in [0.3, 0.4) is 0 Å². The maximum Gasteiger partial charge on any atom is 0.130 e. The SMILES string of the molecule is N=C(/C=C\c1ncc(CN)[nH]1)C1CC1. The average Bonchev–Trinajstić information content (AvgIpc) is 2.94. The Morgan fingerprint density at radius 3 is 3.07 bits per heavy atom. The van der Waals surface area contributed by atoms with E-state index in [0.717, 1.165) is 24.4 Å². The van der Waals surface area contributed by atoms with Gasteiger partial charge in [-0.15, -0.1) is 0 Å². The Labute approximate surface area is 82.7 Å². The fourth-order valence-corrected chi connectivity index (χ4v) is 1.26. The second-order valence-corrected chi connectivity index (χ2v) is 3.56. The lowest BCUT2D eigenvalue weighted by molar-refractivity contribution is 1.01. The minimum atomic E-state index is 0.473. The van der Waals surface area contributed by atoms with Crippen LogP contribution in [-0.2, 0) is 6.54 Å². The first-order valence-electron chi connectivity index (χ1n) is 4.80. The molecule has 0 aliphatic heterocycles. The van der Waals surface area contributed by atoms with Crippen LogP contribution < -0.4 is 5.73 Å². The molecule has 0 radical (unpaired) electrons. The van der Waals surface area contributed by atoms with Gasteiger partial charge in [-0.1, -0.05) is 0 Å². The Hall–Kier alpha value is -1.42. The van der Waals surface area contributed by atoms with Crippen molar-refractivity contribution in [3.63, 3.8) is 0 Å². The van der Waals surface area contributed by atoms with Gasteiger partial charge in [0.15, 0.2) is 0 Å². The molecule has 4 heteroatoms. The molecule has 4 N–H and O–H groups in total. The van der Waals surface area contributed by atoms with E-state index < -0.39 is 0 Å². The molecule has 0 amide bonds. The highest BCUT2D eigenvalue weighted by Crippen LogP contribution is 2.30. The van der Waals surface area contributed by atoms with E-state index in [1.54, 1.807) is 6.20 Å². The van der Waals surface area contributed by atoms with E-state index in [0.29, 0.717) is 18.2 Å². The van der Waals surface area contributed by atoms with Crippen molar-refractivity contribution in [2.75, 3.05) is 0 Å². The fourth-order valence-electron chi connectivity index (χ4n) is 1.26. The van der Waals surface area contributed by atoms with Crippen molar-refractivity contribution in [3.8, 4) is 0 Å². The predicted molar refractivity (Wildman–Crippen MR) is 56.0 cm³/mol. The molecule has 1 aliphatic rings. The lowest BCUT2D eigenvalue weighted by atomic mass is 10.2. The minimum absolute atomic E-state index is 0.473. The van der Waals surface area contributed by atoms with Crippen molar-refractivity contribution in [1.82, 2.24) is 9.97 Å². The molecule has 74 valence electrons. The highest BCUT2D eigenvalue weighted by molar-refractivity contribution is 5.98. The number of hydrogen-bond acceptors (Lipinski definition) is 3. The number of nitrogens with one attached hydrogen (secondary N) is 2. The maximum atomic E-state index is 7.65. The zero-order valence-corrected chi connectivity index (χ0v) is 7.96. The monoisotopic (exact) mass is 190 g/mol. The van der Waals surface area contributed by atoms with Crippen molar-refractivity contribution >= 4 is 11.8 Å². The van der Waals surface area contributed by atoms with Crippen LogP contribution in [0.25, 0.3) is 6.08 Å². The molecule has 0 unspecified atom stereocenters. The third-order valence-electron chi connectivity index (χ3n) is 2.31. The van der Waals surface area contributed by atoms with E-state index in [-0.39, 0.29) is 0 Å². The number of imidazole rings is 1. The predicted octanol–water partition coefficient (Wildman–Crippen LogP) is 1.31. The van der Waals surface area contributed by atoms with Gasteiger partial charge in [-0.2, -0.15) is 0 Å². The molecule has 1 saturated carbocycles. The third-order valence-corrected chi connectivity index (χ3v) is 2.31. The van der Waals surface area contributed by atoms with Gasteiger partial charge in [0.25, 0.3) is 0 Å². The average molecular weight is 190 g/mol. The van der Waals surface area contributed by atoms with Crippen molar-refractivity contribution in [2.24, 2.45) is 11.7 Å². The van der Waals surface area contributed by atoms with Gasteiger partial charge in [0.1, 0.15) is 5.82 Å². The van der Waals surface area contributed by atoms with Gasteiger partial charge in [0.05, 0.1) is 0 Å². The molecule has 0 bridgehead atoms. The Morgan fingerprint density at radius 1 is 1.71 bits per heavy atom. The summed E-state index contributed by atoms with van der Waals surface area (Å²) in [6.07, 6.45) is 7.70. The molecular formula is C10H14N4. The summed E-state index contributed by atoms with van der Waals surface area (Å²) in [5.74, 6) is 1.27. The van der Waals surface area contributed by atoms with Gasteiger partial charge in [-0.25, -0.2) is 4.98 Å². The molecule has 14 heavy (non-hydrogen) atoms. The van der Waals surface area contributed by atoms with Gasteiger partial charge < -0.3 is 16.1 Å². The molecule has 1 aromatic heterocycles. The zero-order chi connectivity index (χ0) is 9.97. The highest BCUT2D eigenvalue weighted by Gasteiger charge is 2.24. The van der Waals surface area contributed by atoms with E-state index in [4.69, 9.17) is 11.1 Å². The van der Waals surface area contributed by atoms with E-state index in [9.17, 15) is 0 Å². The maximum absolute atomic E-state index is 7.65. The molecule has 2 rings (SSSR count). The molecular weight excluding hydrogens is 176 g/mol. The van der Waals surface area contributed by atoms with Gasteiger partial charge in [0.2, 0.25) is 0 Å². The molecule has 1 aromatic rings. The van der Waals surface area contributed by atoms with E-state index in [1.807, 2.05) is 12.2 Å². The quantitative estimate of drug-likeness (QED) is 0.626. The minimum Gasteiger partial charge on any atom is -0.341 e. The molecule has 0 aromatic carbocycles.